The molecule has 0 bridgehead atoms. The van der Waals surface area contributed by atoms with Crippen molar-refractivity contribution >= 4 is 0 Å². The third-order valence-corrected chi connectivity index (χ3v) is 1.81. The summed E-state index contributed by atoms with van der Waals surface area (Å²) in [5.41, 5.74) is 0. The van der Waals surface area contributed by atoms with Crippen molar-refractivity contribution in [2.75, 3.05) is 0 Å². The molecule has 0 saturated carbocycles. The van der Waals surface area contributed by atoms with E-state index in [9.17, 15) is 8.78 Å². The molecular weight excluding hydrogens is 134 g/mol. The minimum atomic E-state index is -2.55. The maximum atomic E-state index is 12.6. The van der Waals surface area contributed by atoms with Gasteiger partial charge in [0, 0.05) is 6.42 Å². The van der Waals surface area contributed by atoms with Crippen LogP contribution >= 0.6 is 0 Å². The molecule has 0 nitrogen and oxygen atoms in total. The van der Waals surface area contributed by atoms with Gasteiger partial charge in [0.1, 0.15) is 0 Å². The van der Waals surface area contributed by atoms with E-state index in [0.717, 1.165) is 18.9 Å². The summed E-state index contributed by atoms with van der Waals surface area (Å²) < 4.78 is 25.3. The first-order valence-electron chi connectivity index (χ1n) is 3.66. The Morgan fingerprint density at radius 3 is 2.90 bits per heavy atom. The van der Waals surface area contributed by atoms with Crippen LogP contribution in [0.1, 0.15) is 26.2 Å². The van der Waals surface area contributed by atoms with Crippen molar-refractivity contribution in [3.05, 3.63) is 12.2 Å². The average molecular weight is 146 g/mol. The standard InChI is InChI=1S/C8H12F2/c1-7-4-2-3-5-8(9,10)6-7/h3,5,7H,2,4,6H2,1H3. The van der Waals surface area contributed by atoms with Gasteiger partial charge in [-0.15, -0.1) is 0 Å². The van der Waals surface area contributed by atoms with Crippen molar-refractivity contribution < 1.29 is 8.78 Å². The van der Waals surface area contributed by atoms with E-state index in [1.807, 2.05) is 6.92 Å². The minimum absolute atomic E-state index is 0.0174. The Kier molecular flexibility index (Phi) is 2.07. The molecule has 1 unspecified atom stereocenters. The van der Waals surface area contributed by atoms with Gasteiger partial charge in [0.25, 0.3) is 5.92 Å². The fourth-order valence-electron chi connectivity index (χ4n) is 1.27. The number of alkyl halides is 2. The monoisotopic (exact) mass is 146 g/mol. The molecule has 0 fully saturated rings. The van der Waals surface area contributed by atoms with Crippen LogP contribution in [0.5, 0.6) is 0 Å². The smallest absolute Gasteiger partial charge is 0.202 e. The second-order valence-corrected chi connectivity index (χ2v) is 3.05. The Hall–Kier alpha value is -0.400. The maximum Gasteiger partial charge on any atom is 0.266 e. The molecule has 0 aromatic carbocycles. The Balaban J connectivity index is 2.59. The molecule has 0 aromatic rings. The molecule has 0 heterocycles. The topological polar surface area (TPSA) is 0 Å². The lowest BCUT2D eigenvalue weighted by Crippen LogP contribution is -2.14. The van der Waals surface area contributed by atoms with Crippen molar-refractivity contribution in [2.45, 2.75) is 32.1 Å². The number of halogens is 2. The van der Waals surface area contributed by atoms with E-state index in [4.69, 9.17) is 0 Å². The van der Waals surface area contributed by atoms with Crippen LogP contribution in [0, 0.1) is 5.92 Å². The van der Waals surface area contributed by atoms with Gasteiger partial charge in [0.15, 0.2) is 0 Å². The number of rotatable bonds is 0. The number of hydrogen-bond donors (Lipinski definition) is 0. The molecule has 1 rings (SSSR count). The van der Waals surface area contributed by atoms with Crippen LogP contribution < -0.4 is 0 Å². The van der Waals surface area contributed by atoms with Gasteiger partial charge in [-0.1, -0.05) is 13.0 Å². The Bertz CT molecular complexity index is 138. The zero-order valence-electron chi connectivity index (χ0n) is 6.11. The van der Waals surface area contributed by atoms with Crippen molar-refractivity contribution in [1.29, 1.82) is 0 Å². The van der Waals surface area contributed by atoms with Crippen LogP contribution in [-0.2, 0) is 0 Å². The van der Waals surface area contributed by atoms with Crippen molar-refractivity contribution in [1.82, 2.24) is 0 Å². The van der Waals surface area contributed by atoms with Gasteiger partial charge < -0.3 is 0 Å². The lowest BCUT2D eigenvalue weighted by atomic mass is 10.0. The van der Waals surface area contributed by atoms with Crippen LogP contribution in [0.25, 0.3) is 0 Å². The molecule has 0 N–H and O–H groups in total. The van der Waals surface area contributed by atoms with E-state index in [-0.39, 0.29) is 12.3 Å². The molecule has 1 aliphatic rings. The first-order valence-corrected chi connectivity index (χ1v) is 3.66. The van der Waals surface area contributed by atoms with Gasteiger partial charge in [0.05, 0.1) is 0 Å². The summed E-state index contributed by atoms with van der Waals surface area (Å²) in [4.78, 5) is 0. The second-order valence-electron chi connectivity index (χ2n) is 3.05. The maximum absolute atomic E-state index is 12.6. The van der Waals surface area contributed by atoms with Crippen molar-refractivity contribution in [3.63, 3.8) is 0 Å². The molecule has 0 spiro atoms. The molecular formula is C8H12F2. The molecule has 58 valence electrons. The summed E-state index contributed by atoms with van der Waals surface area (Å²) in [6, 6.07) is 0. The van der Waals surface area contributed by atoms with Crippen LogP contribution in [-0.4, -0.2) is 5.92 Å². The van der Waals surface area contributed by atoms with E-state index < -0.39 is 5.92 Å². The largest absolute Gasteiger partial charge is 0.266 e. The fraction of sp³-hybridized carbons (Fsp3) is 0.750. The minimum Gasteiger partial charge on any atom is -0.202 e. The molecule has 0 radical (unpaired) electrons. The van der Waals surface area contributed by atoms with Crippen molar-refractivity contribution in [2.24, 2.45) is 5.92 Å². The Morgan fingerprint density at radius 1 is 1.50 bits per heavy atom. The zero-order chi connectivity index (χ0) is 7.61. The molecule has 10 heavy (non-hydrogen) atoms. The second kappa shape index (κ2) is 2.69. The van der Waals surface area contributed by atoms with Crippen molar-refractivity contribution in [3.8, 4) is 0 Å². The SMILES string of the molecule is CC1CCC=CC(F)(F)C1. The first kappa shape index (κ1) is 7.70. The Labute approximate surface area is 59.9 Å². The number of hydrogen-bond acceptors (Lipinski definition) is 0. The summed E-state index contributed by atoms with van der Waals surface area (Å²) in [5, 5.41) is 0. The summed E-state index contributed by atoms with van der Waals surface area (Å²) in [5.74, 6) is -2.39. The zero-order valence-corrected chi connectivity index (χ0v) is 6.11. The summed E-state index contributed by atoms with van der Waals surface area (Å²) in [7, 11) is 0. The lowest BCUT2D eigenvalue weighted by molar-refractivity contribution is 0.0318. The summed E-state index contributed by atoms with van der Waals surface area (Å²) in [6.07, 6.45) is 4.34. The molecule has 0 saturated heterocycles. The predicted molar refractivity (Wildman–Crippen MR) is 37.1 cm³/mol. The molecule has 0 amide bonds. The highest BCUT2D eigenvalue weighted by Crippen LogP contribution is 2.30. The highest BCUT2D eigenvalue weighted by Gasteiger charge is 2.28. The normalized spacial score (nSPS) is 31.7. The highest BCUT2D eigenvalue weighted by atomic mass is 19.3. The Morgan fingerprint density at radius 2 is 2.20 bits per heavy atom. The third-order valence-electron chi connectivity index (χ3n) is 1.81. The first-order chi connectivity index (χ1) is 4.60. The average Bonchev–Trinajstić information content (AvgIpc) is 1.90. The predicted octanol–water partition coefficient (Wildman–Crippen LogP) is 3.00. The molecule has 0 aromatic heterocycles. The summed E-state index contributed by atoms with van der Waals surface area (Å²) >= 11 is 0. The van der Waals surface area contributed by atoms with Gasteiger partial charge in [-0.25, -0.2) is 8.78 Å². The van der Waals surface area contributed by atoms with E-state index in [2.05, 4.69) is 0 Å². The summed E-state index contributed by atoms with van der Waals surface area (Å²) in [6.45, 7) is 1.88. The van der Waals surface area contributed by atoms with E-state index in [0.29, 0.717) is 0 Å². The van der Waals surface area contributed by atoms with Crippen LogP contribution in [0.2, 0.25) is 0 Å². The van der Waals surface area contributed by atoms with Crippen LogP contribution in [0.15, 0.2) is 12.2 Å². The number of allylic oxidation sites excluding steroid dienone is 2. The molecule has 1 aliphatic carbocycles. The van der Waals surface area contributed by atoms with Gasteiger partial charge in [-0.05, 0) is 24.8 Å². The van der Waals surface area contributed by atoms with E-state index in [1.54, 1.807) is 6.08 Å². The van der Waals surface area contributed by atoms with Gasteiger partial charge in [-0.2, -0.15) is 0 Å². The molecule has 0 aliphatic heterocycles. The quantitative estimate of drug-likeness (QED) is 0.461. The lowest BCUT2D eigenvalue weighted by Gasteiger charge is -2.13. The van der Waals surface area contributed by atoms with Gasteiger partial charge in [-0.3, -0.25) is 0 Å². The molecule has 1 atom stereocenters. The fourth-order valence-corrected chi connectivity index (χ4v) is 1.27. The van der Waals surface area contributed by atoms with E-state index in [1.165, 1.54) is 0 Å². The van der Waals surface area contributed by atoms with E-state index >= 15 is 0 Å². The van der Waals surface area contributed by atoms with Gasteiger partial charge >= 0.3 is 0 Å². The highest BCUT2D eigenvalue weighted by molar-refractivity contribution is 4.98. The van der Waals surface area contributed by atoms with Gasteiger partial charge in [0.2, 0.25) is 0 Å². The van der Waals surface area contributed by atoms with Crippen LogP contribution in [0.3, 0.4) is 0 Å². The van der Waals surface area contributed by atoms with Crippen LogP contribution in [0.4, 0.5) is 8.78 Å². The third kappa shape index (κ3) is 2.09. The molecule has 2 heteroatoms.